The molecule has 2 N–H and O–H groups in total. The maximum Gasteiger partial charge on any atom is 0.250 e. The van der Waals surface area contributed by atoms with E-state index in [1.807, 2.05) is 12.3 Å². The maximum absolute atomic E-state index is 12.2. The molecular formula is C12H20N2O3S2. The van der Waals surface area contributed by atoms with Crippen LogP contribution in [0, 0.1) is 0 Å². The minimum Gasteiger partial charge on any atom is -0.381 e. The summed E-state index contributed by atoms with van der Waals surface area (Å²) in [6, 6.07) is 1.74. The topological polar surface area (TPSA) is 67.4 Å². The lowest BCUT2D eigenvalue weighted by Crippen LogP contribution is -2.38. The second-order valence-electron chi connectivity index (χ2n) is 4.56. The SMILES string of the molecule is CCNCc1csc(S(=O)(=O)NC2CCOCC2)c1. The molecular weight excluding hydrogens is 284 g/mol. The van der Waals surface area contributed by atoms with Crippen molar-refractivity contribution in [1.29, 1.82) is 0 Å². The molecule has 1 aliphatic rings. The number of thiophene rings is 1. The highest BCUT2D eigenvalue weighted by Crippen LogP contribution is 2.21. The number of ether oxygens (including phenoxy) is 1. The molecule has 5 nitrogen and oxygen atoms in total. The predicted molar refractivity (Wildman–Crippen MR) is 75.9 cm³/mol. The minimum atomic E-state index is -3.38. The summed E-state index contributed by atoms with van der Waals surface area (Å²) in [6.45, 7) is 4.86. The van der Waals surface area contributed by atoms with Crippen molar-refractivity contribution in [3.63, 3.8) is 0 Å². The summed E-state index contributed by atoms with van der Waals surface area (Å²) >= 11 is 1.27. The molecule has 1 aromatic heterocycles. The molecule has 1 fully saturated rings. The first kappa shape index (κ1) is 14.9. The summed E-state index contributed by atoms with van der Waals surface area (Å²) in [5, 5.41) is 5.08. The first-order chi connectivity index (χ1) is 9.12. The van der Waals surface area contributed by atoms with Gasteiger partial charge in [0.15, 0.2) is 0 Å². The quantitative estimate of drug-likeness (QED) is 0.832. The van der Waals surface area contributed by atoms with Gasteiger partial charge in [-0.3, -0.25) is 0 Å². The smallest absolute Gasteiger partial charge is 0.250 e. The van der Waals surface area contributed by atoms with Gasteiger partial charge in [0.05, 0.1) is 0 Å². The van der Waals surface area contributed by atoms with Crippen LogP contribution in [0.1, 0.15) is 25.3 Å². The van der Waals surface area contributed by atoms with E-state index in [0.29, 0.717) is 24.0 Å². The summed E-state index contributed by atoms with van der Waals surface area (Å²) in [5.74, 6) is 0. The Morgan fingerprint density at radius 1 is 1.42 bits per heavy atom. The third kappa shape index (κ3) is 4.25. The number of hydrogen-bond donors (Lipinski definition) is 2. The lowest BCUT2D eigenvalue weighted by Gasteiger charge is -2.22. The van der Waals surface area contributed by atoms with Gasteiger partial charge in [-0.2, -0.15) is 0 Å². The van der Waals surface area contributed by atoms with Gasteiger partial charge >= 0.3 is 0 Å². The highest BCUT2D eigenvalue weighted by Gasteiger charge is 2.23. The molecule has 1 aliphatic heterocycles. The Bertz CT molecular complexity index is 493. The van der Waals surface area contributed by atoms with Crippen molar-refractivity contribution in [3.05, 3.63) is 17.0 Å². The number of nitrogens with one attached hydrogen (secondary N) is 2. The molecule has 108 valence electrons. The van der Waals surface area contributed by atoms with Gasteiger partial charge in [-0.15, -0.1) is 11.3 Å². The van der Waals surface area contributed by atoms with Gasteiger partial charge in [-0.1, -0.05) is 6.92 Å². The average Bonchev–Trinajstić information content (AvgIpc) is 2.86. The summed E-state index contributed by atoms with van der Waals surface area (Å²) < 4.78 is 32.8. The van der Waals surface area contributed by atoms with Crippen LogP contribution in [-0.4, -0.2) is 34.2 Å². The molecule has 0 bridgehead atoms. The largest absolute Gasteiger partial charge is 0.381 e. The van der Waals surface area contributed by atoms with Crippen LogP contribution in [-0.2, 0) is 21.3 Å². The van der Waals surface area contributed by atoms with Crippen molar-refractivity contribution in [2.24, 2.45) is 0 Å². The highest BCUT2D eigenvalue weighted by atomic mass is 32.2. The van der Waals surface area contributed by atoms with Gasteiger partial charge in [0.1, 0.15) is 4.21 Å². The molecule has 1 aromatic rings. The van der Waals surface area contributed by atoms with Crippen molar-refractivity contribution in [1.82, 2.24) is 10.0 Å². The molecule has 0 aliphatic carbocycles. The molecule has 0 saturated carbocycles. The van der Waals surface area contributed by atoms with E-state index in [0.717, 1.165) is 24.9 Å². The zero-order valence-electron chi connectivity index (χ0n) is 11.0. The van der Waals surface area contributed by atoms with Crippen LogP contribution in [0.3, 0.4) is 0 Å². The van der Waals surface area contributed by atoms with Crippen molar-refractivity contribution >= 4 is 21.4 Å². The van der Waals surface area contributed by atoms with E-state index in [9.17, 15) is 8.42 Å². The van der Waals surface area contributed by atoms with Gasteiger partial charge in [0, 0.05) is 25.8 Å². The Labute approximate surface area is 118 Å². The summed E-state index contributed by atoms with van der Waals surface area (Å²) in [5.41, 5.74) is 1.01. The minimum absolute atomic E-state index is 0.00179. The van der Waals surface area contributed by atoms with Gasteiger partial charge in [-0.05, 0) is 36.4 Å². The third-order valence-electron chi connectivity index (χ3n) is 3.02. The Hall–Kier alpha value is -0.470. The normalized spacial score (nSPS) is 17.7. The molecule has 0 radical (unpaired) electrons. The average molecular weight is 304 g/mol. The molecule has 0 unspecified atom stereocenters. The van der Waals surface area contributed by atoms with E-state index in [1.165, 1.54) is 11.3 Å². The molecule has 2 rings (SSSR count). The third-order valence-corrected chi connectivity index (χ3v) is 6.03. The van der Waals surface area contributed by atoms with Gasteiger partial charge in [-0.25, -0.2) is 13.1 Å². The second kappa shape index (κ2) is 6.81. The molecule has 0 aromatic carbocycles. The summed E-state index contributed by atoms with van der Waals surface area (Å²) in [6.07, 6.45) is 1.49. The molecule has 7 heteroatoms. The molecule has 0 spiro atoms. The van der Waals surface area contributed by atoms with E-state index in [2.05, 4.69) is 10.0 Å². The van der Waals surface area contributed by atoms with Gasteiger partial charge < -0.3 is 10.1 Å². The van der Waals surface area contributed by atoms with Crippen LogP contribution in [0.25, 0.3) is 0 Å². The Morgan fingerprint density at radius 3 is 2.84 bits per heavy atom. The Kier molecular flexibility index (Phi) is 5.35. The van der Waals surface area contributed by atoms with Crippen molar-refractivity contribution in [2.75, 3.05) is 19.8 Å². The van der Waals surface area contributed by atoms with Crippen LogP contribution in [0.4, 0.5) is 0 Å². The molecule has 2 heterocycles. The Morgan fingerprint density at radius 2 is 2.16 bits per heavy atom. The second-order valence-corrected chi connectivity index (χ2v) is 7.41. The van der Waals surface area contributed by atoms with Crippen LogP contribution in [0.2, 0.25) is 0 Å². The number of hydrogen-bond acceptors (Lipinski definition) is 5. The predicted octanol–water partition coefficient (Wildman–Crippen LogP) is 1.31. The van der Waals surface area contributed by atoms with Gasteiger partial charge in [0.2, 0.25) is 10.0 Å². The first-order valence-corrected chi connectivity index (χ1v) is 8.86. The first-order valence-electron chi connectivity index (χ1n) is 6.50. The molecule has 0 atom stereocenters. The molecule has 19 heavy (non-hydrogen) atoms. The van der Waals surface area contributed by atoms with E-state index in [1.54, 1.807) is 6.07 Å². The fraction of sp³-hybridized carbons (Fsp3) is 0.667. The summed E-state index contributed by atoms with van der Waals surface area (Å²) in [7, 11) is -3.38. The van der Waals surface area contributed by atoms with E-state index in [4.69, 9.17) is 4.74 Å². The number of rotatable bonds is 6. The fourth-order valence-electron chi connectivity index (χ4n) is 1.95. The van der Waals surface area contributed by atoms with E-state index >= 15 is 0 Å². The van der Waals surface area contributed by atoms with Crippen molar-refractivity contribution < 1.29 is 13.2 Å². The van der Waals surface area contributed by atoms with Crippen LogP contribution < -0.4 is 10.0 Å². The van der Waals surface area contributed by atoms with Crippen LogP contribution >= 0.6 is 11.3 Å². The van der Waals surface area contributed by atoms with Gasteiger partial charge in [0.25, 0.3) is 0 Å². The zero-order valence-corrected chi connectivity index (χ0v) is 12.6. The zero-order chi connectivity index (χ0) is 13.7. The lowest BCUT2D eigenvalue weighted by molar-refractivity contribution is 0.0832. The molecule has 0 amide bonds. The maximum atomic E-state index is 12.2. The summed E-state index contributed by atoms with van der Waals surface area (Å²) in [4.78, 5) is 0. The standard InChI is InChI=1S/C12H20N2O3S2/c1-2-13-8-10-7-12(18-9-10)19(15,16)14-11-3-5-17-6-4-11/h7,9,11,13-14H,2-6,8H2,1H3. The van der Waals surface area contributed by atoms with Crippen LogP contribution in [0.5, 0.6) is 0 Å². The van der Waals surface area contributed by atoms with Crippen molar-refractivity contribution in [2.45, 2.75) is 36.6 Å². The monoisotopic (exact) mass is 304 g/mol. The molecule has 1 saturated heterocycles. The Balaban J connectivity index is 1.99. The lowest BCUT2D eigenvalue weighted by atomic mass is 10.1. The van der Waals surface area contributed by atoms with Crippen LogP contribution in [0.15, 0.2) is 15.7 Å². The van der Waals surface area contributed by atoms with Crippen molar-refractivity contribution in [3.8, 4) is 0 Å². The fourth-order valence-corrected chi connectivity index (χ4v) is 4.48. The van der Waals surface area contributed by atoms with E-state index in [-0.39, 0.29) is 6.04 Å². The highest BCUT2D eigenvalue weighted by molar-refractivity contribution is 7.91. The van der Waals surface area contributed by atoms with E-state index < -0.39 is 10.0 Å². The number of sulfonamides is 1.